The van der Waals surface area contributed by atoms with E-state index in [1.54, 1.807) is 47.6 Å². The summed E-state index contributed by atoms with van der Waals surface area (Å²) in [6, 6.07) is 5.12. The van der Waals surface area contributed by atoms with Gasteiger partial charge in [-0.25, -0.2) is 9.97 Å². The molecule has 0 aliphatic carbocycles. The molecule has 7 heteroatoms. The average Bonchev–Trinajstić information content (AvgIpc) is 3.08. The van der Waals surface area contributed by atoms with E-state index in [0.717, 1.165) is 5.82 Å². The van der Waals surface area contributed by atoms with Gasteiger partial charge in [0.2, 0.25) is 0 Å². The molecule has 0 aliphatic rings. The Morgan fingerprint density at radius 3 is 2.90 bits per heavy atom. The quantitative estimate of drug-likeness (QED) is 0.681. The molecule has 0 spiro atoms. The minimum Gasteiger partial charge on any atom is -0.397 e. The van der Waals surface area contributed by atoms with Gasteiger partial charge in [-0.1, -0.05) is 0 Å². The van der Waals surface area contributed by atoms with E-state index in [0.29, 0.717) is 22.9 Å². The van der Waals surface area contributed by atoms with E-state index in [2.05, 4.69) is 20.3 Å². The number of aromatic nitrogens is 4. The monoisotopic (exact) mass is 282 g/mol. The summed E-state index contributed by atoms with van der Waals surface area (Å²) < 4.78 is 1.80. The summed E-state index contributed by atoms with van der Waals surface area (Å²) >= 11 is 0. The maximum absolute atomic E-state index is 12.2. The van der Waals surface area contributed by atoms with Crippen molar-refractivity contribution in [2.45, 2.75) is 6.92 Å². The van der Waals surface area contributed by atoms with Gasteiger partial charge in [-0.05, 0) is 25.1 Å². The molecule has 0 aliphatic heterocycles. The van der Waals surface area contributed by atoms with Crippen molar-refractivity contribution < 1.29 is 4.79 Å². The molecule has 21 heavy (non-hydrogen) atoms. The molecule has 0 fully saturated rings. The lowest BCUT2D eigenvalue weighted by Gasteiger charge is -2.11. The highest BCUT2D eigenvalue weighted by Gasteiger charge is 2.13. The second-order valence-corrected chi connectivity index (χ2v) is 4.52. The third-order valence-corrected chi connectivity index (χ3v) is 3.04. The van der Waals surface area contributed by atoms with Crippen LogP contribution < -0.4 is 11.1 Å². The Labute approximate surface area is 120 Å². The van der Waals surface area contributed by atoms with Crippen LogP contribution in [0.15, 0.2) is 43.0 Å². The summed E-state index contributed by atoms with van der Waals surface area (Å²) in [5.41, 5.74) is 7.10. The van der Waals surface area contributed by atoms with E-state index in [1.807, 2.05) is 6.92 Å². The Balaban J connectivity index is 1.93. The molecule has 3 aromatic rings. The summed E-state index contributed by atoms with van der Waals surface area (Å²) in [6.45, 7) is 1.87. The summed E-state index contributed by atoms with van der Waals surface area (Å²) in [5, 5.41) is 2.82. The number of anilines is 2. The minimum atomic E-state index is -0.279. The molecule has 0 saturated carbocycles. The van der Waals surface area contributed by atoms with Gasteiger partial charge in [-0.2, -0.15) is 0 Å². The highest BCUT2D eigenvalue weighted by atomic mass is 16.1. The zero-order valence-corrected chi connectivity index (χ0v) is 11.4. The second kappa shape index (κ2) is 5.12. The lowest BCUT2D eigenvalue weighted by atomic mass is 10.3. The van der Waals surface area contributed by atoms with Gasteiger partial charge in [0.1, 0.15) is 11.5 Å². The van der Waals surface area contributed by atoms with E-state index < -0.39 is 0 Å². The van der Waals surface area contributed by atoms with Crippen molar-refractivity contribution in [2.24, 2.45) is 0 Å². The topological polar surface area (TPSA) is 102 Å². The second-order valence-electron chi connectivity index (χ2n) is 4.52. The highest BCUT2D eigenvalue weighted by molar-refractivity contribution is 6.04. The summed E-state index contributed by atoms with van der Waals surface area (Å²) in [7, 11) is 0. The third kappa shape index (κ3) is 2.48. The number of imidazole rings is 1. The zero-order chi connectivity index (χ0) is 14.8. The number of hydrogen-bond acceptors (Lipinski definition) is 4. The van der Waals surface area contributed by atoms with Crippen LogP contribution in [-0.2, 0) is 0 Å². The Kier molecular flexibility index (Phi) is 3.15. The molecule has 0 aromatic carbocycles. The fourth-order valence-electron chi connectivity index (χ4n) is 2.02. The molecule has 3 rings (SSSR count). The van der Waals surface area contributed by atoms with Crippen LogP contribution in [-0.4, -0.2) is 25.4 Å². The van der Waals surface area contributed by atoms with Gasteiger partial charge in [0.25, 0.3) is 5.91 Å². The molecule has 0 radical (unpaired) electrons. The molecule has 0 atom stereocenters. The number of aryl methyl sites for hydroxylation is 1. The van der Waals surface area contributed by atoms with Crippen LogP contribution in [0.1, 0.15) is 16.3 Å². The molecule has 0 saturated heterocycles. The Bertz CT molecular complexity index is 788. The molecule has 3 aromatic heterocycles. The van der Waals surface area contributed by atoms with Crippen molar-refractivity contribution in [1.82, 2.24) is 19.5 Å². The van der Waals surface area contributed by atoms with Gasteiger partial charge in [0.05, 0.1) is 5.69 Å². The fourth-order valence-corrected chi connectivity index (χ4v) is 2.02. The number of nitrogen functional groups attached to an aromatic ring is 1. The fraction of sp³-hybridized carbons (Fsp3) is 0.0714. The largest absolute Gasteiger partial charge is 0.397 e. The van der Waals surface area contributed by atoms with Crippen molar-refractivity contribution in [3.8, 4) is 5.82 Å². The Morgan fingerprint density at radius 2 is 2.24 bits per heavy atom. The first-order valence-electron chi connectivity index (χ1n) is 6.36. The van der Waals surface area contributed by atoms with Crippen LogP contribution >= 0.6 is 0 Å². The number of nitrogens with zero attached hydrogens (tertiary/aromatic N) is 3. The van der Waals surface area contributed by atoms with Crippen LogP contribution in [0.25, 0.3) is 5.82 Å². The predicted octanol–water partition coefficient (Wildman–Crippen LogP) is 1.74. The van der Waals surface area contributed by atoms with Crippen LogP contribution in [0.2, 0.25) is 0 Å². The number of carbonyl (C=O) groups excluding carboxylic acids is 1. The first-order valence-corrected chi connectivity index (χ1v) is 6.36. The maximum atomic E-state index is 12.2. The number of pyridine rings is 1. The van der Waals surface area contributed by atoms with Crippen LogP contribution in [0.5, 0.6) is 0 Å². The van der Waals surface area contributed by atoms with Gasteiger partial charge in [0.15, 0.2) is 5.82 Å². The van der Waals surface area contributed by atoms with Crippen molar-refractivity contribution >= 4 is 17.3 Å². The first-order chi connectivity index (χ1) is 10.1. The third-order valence-electron chi connectivity index (χ3n) is 3.04. The van der Waals surface area contributed by atoms with Crippen LogP contribution in [0.3, 0.4) is 0 Å². The predicted molar refractivity (Wildman–Crippen MR) is 79.3 cm³/mol. The first kappa shape index (κ1) is 12.9. The zero-order valence-electron chi connectivity index (χ0n) is 11.4. The van der Waals surface area contributed by atoms with Gasteiger partial charge in [-0.15, -0.1) is 0 Å². The number of nitrogens with one attached hydrogen (secondary N) is 2. The van der Waals surface area contributed by atoms with Crippen LogP contribution in [0, 0.1) is 6.92 Å². The summed E-state index contributed by atoms with van der Waals surface area (Å²) in [4.78, 5) is 23.5. The lowest BCUT2D eigenvalue weighted by Crippen LogP contribution is -2.15. The molecule has 0 bridgehead atoms. The van der Waals surface area contributed by atoms with Gasteiger partial charge in [-0.3, -0.25) is 9.36 Å². The molecule has 106 valence electrons. The van der Waals surface area contributed by atoms with Gasteiger partial charge in [0, 0.05) is 30.5 Å². The molecular weight excluding hydrogens is 268 g/mol. The van der Waals surface area contributed by atoms with Gasteiger partial charge >= 0.3 is 0 Å². The van der Waals surface area contributed by atoms with E-state index in [-0.39, 0.29) is 5.91 Å². The summed E-state index contributed by atoms with van der Waals surface area (Å²) in [5.74, 6) is 1.12. The number of amides is 1. The molecule has 3 heterocycles. The SMILES string of the molecule is Cc1nccn1-c1ncccc1NC(=O)c1cc(N)c[nH]1. The molecule has 0 unspecified atom stereocenters. The standard InChI is InChI=1S/C14H14N6O/c1-9-16-5-6-20(9)13-11(3-2-4-17-13)19-14(21)12-7-10(15)8-18-12/h2-8,18H,15H2,1H3,(H,19,21). The number of carbonyl (C=O) groups is 1. The van der Waals surface area contributed by atoms with Crippen molar-refractivity contribution in [2.75, 3.05) is 11.1 Å². The molecule has 7 nitrogen and oxygen atoms in total. The molecular formula is C14H14N6O. The van der Waals surface area contributed by atoms with Gasteiger partial charge < -0.3 is 16.0 Å². The number of aromatic amines is 1. The normalized spacial score (nSPS) is 10.5. The minimum absolute atomic E-state index is 0.279. The van der Waals surface area contributed by atoms with E-state index in [1.165, 1.54) is 0 Å². The van der Waals surface area contributed by atoms with E-state index in [4.69, 9.17) is 5.73 Å². The number of nitrogens with two attached hydrogens (primary N) is 1. The average molecular weight is 282 g/mol. The van der Waals surface area contributed by atoms with E-state index in [9.17, 15) is 4.79 Å². The van der Waals surface area contributed by atoms with Crippen molar-refractivity contribution in [1.29, 1.82) is 0 Å². The van der Waals surface area contributed by atoms with E-state index >= 15 is 0 Å². The number of hydrogen-bond donors (Lipinski definition) is 3. The smallest absolute Gasteiger partial charge is 0.272 e. The molecule has 1 amide bonds. The number of rotatable bonds is 3. The number of H-pyrrole nitrogens is 1. The lowest BCUT2D eigenvalue weighted by molar-refractivity contribution is 0.102. The Morgan fingerprint density at radius 1 is 1.38 bits per heavy atom. The van der Waals surface area contributed by atoms with Crippen molar-refractivity contribution in [3.63, 3.8) is 0 Å². The summed E-state index contributed by atoms with van der Waals surface area (Å²) in [6.07, 6.45) is 6.71. The van der Waals surface area contributed by atoms with Crippen molar-refractivity contribution in [3.05, 3.63) is 54.5 Å². The van der Waals surface area contributed by atoms with Crippen LogP contribution in [0.4, 0.5) is 11.4 Å². The maximum Gasteiger partial charge on any atom is 0.272 e. The Hall–Kier alpha value is -3.09. The molecule has 4 N–H and O–H groups in total. The highest BCUT2D eigenvalue weighted by Crippen LogP contribution is 2.19.